The summed E-state index contributed by atoms with van der Waals surface area (Å²) < 4.78 is 0. The van der Waals surface area contributed by atoms with Crippen molar-refractivity contribution in [2.24, 2.45) is 5.92 Å². The van der Waals surface area contributed by atoms with Crippen LogP contribution in [-0.2, 0) is 0 Å². The van der Waals surface area contributed by atoms with E-state index in [1.807, 2.05) is 18.5 Å². The van der Waals surface area contributed by atoms with E-state index < -0.39 is 0 Å². The molecule has 70 valence electrons. The molecule has 1 unspecified atom stereocenters. The molecule has 1 aromatic rings. The molecule has 1 aliphatic rings. The van der Waals surface area contributed by atoms with Crippen LogP contribution < -0.4 is 5.32 Å². The van der Waals surface area contributed by atoms with Crippen molar-refractivity contribution in [3.05, 3.63) is 24.3 Å². The number of hydrogen-bond donors (Lipinski definition) is 1. The summed E-state index contributed by atoms with van der Waals surface area (Å²) in [6, 6.07) is 2.24. The Balaban J connectivity index is 2.10. The molecular formula is C10H15N3. The summed E-state index contributed by atoms with van der Waals surface area (Å²) in [6.45, 7) is 3.11. The van der Waals surface area contributed by atoms with Gasteiger partial charge in [-0.05, 0) is 31.4 Å². The third-order valence-electron chi connectivity index (χ3n) is 2.38. The van der Waals surface area contributed by atoms with Crippen LogP contribution in [0.2, 0.25) is 0 Å². The highest BCUT2D eigenvalue weighted by molar-refractivity contribution is 5.02. The van der Waals surface area contributed by atoms with Gasteiger partial charge < -0.3 is 5.32 Å². The summed E-state index contributed by atoms with van der Waals surface area (Å²) in [4.78, 5) is 8.57. The van der Waals surface area contributed by atoms with E-state index in [0.29, 0.717) is 6.04 Å². The molecule has 1 heterocycles. The van der Waals surface area contributed by atoms with Crippen LogP contribution in [0.1, 0.15) is 31.6 Å². The van der Waals surface area contributed by atoms with Gasteiger partial charge in [-0.2, -0.15) is 0 Å². The van der Waals surface area contributed by atoms with Crippen LogP contribution in [0, 0.1) is 5.92 Å². The van der Waals surface area contributed by atoms with E-state index in [0.717, 1.165) is 18.3 Å². The van der Waals surface area contributed by atoms with Crippen LogP contribution in [0.3, 0.4) is 0 Å². The highest BCUT2D eigenvalue weighted by Crippen LogP contribution is 2.39. The molecular weight excluding hydrogens is 162 g/mol. The molecule has 3 heteroatoms. The van der Waals surface area contributed by atoms with Crippen LogP contribution in [-0.4, -0.2) is 16.5 Å². The van der Waals surface area contributed by atoms with Gasteiger partial charge in [0.15, 0.2) is 0 Å². The molecule has 1 N–H and O–H groups in total. The molecule has 1 saturated carbocycles. The van der Waals surface area contributed by atoms with Crippen LogP contribution in [0.5, 0.6) is 0 Å². The molecule has 0 amide bonds. The van der Waals surface area contributed by atoms with E-state index in [4.69, 9.17) is 0 Å². The van der Waals surface area contributed by atoms with Gasteiger partial charge >= 0.3 is 0 Å². The van der Waals surface area contributed by atoms with Crippen molar-refractivity contribution in [2.75, 3.05) is 6.54 Å². The Hall–Kier alpha value is -0.960. The minimum Gasteiger partial charge on any atom is -0.307 e. The fourth-order valence-electron chi connectivity index (χ4n) is 1.59. The summed E-state index contributed by atoms with van der Waals surface area (Å²) >= 11 is 0. The fourth-order valence-corrected chi connectivity index (χ4v) is 1.59. The predicted molar refractivity (Wildman–Crippen MR) is 51.2 cm³/mol. The monoisotopic (exact) mass is 177 g/mol. The van der Waals surface area contributed by atoms with Gasteiger partial charge in [-0.15, -0.1) is 0 Å². The zero-order valence-electron chi connectivity index (χ0n) is 7.90. The largest absolute Gasteiger partial charge is 0.307 e. The van der Waals surface area contributed by atoms with Gasteiger partial charge in [0.2, 0.25) is 0 Å². The van der Waals surface area contributed by atoms with Gasteiger partial charge in [0.1, 0.15) is 5.82 Å². The van der Waals surface area contributed by atoms with E-state index in [9.17, 15) is 0 Å². The molecule has 13 heavy (non-hydrogen) atoms. The third-order valence-corrected chi connectivity index (χ3v) is 2.38. The lowest BCUT2D eigenvalue weighted by atomic mass is 10.1. The van der Waals surface area contributed by atoms with Gasteiger partial charge in [-0.3, -0.25) is 0 Å². The van der Waals surface area contributed by atoms with Gasteiger partial charge in [0.05, 0.1) is 6.04 Å². The summed E-state index contributed by atoms with van der Waals surface area (Å²) in [7, 11) is 0. The Morgan fingerprint density at radius 2 is 2.15 bits per heavy atom. The van der Waals surface area contributed by atoms with Crippen molar-refractivity contribution in [1.29, 1.82) is 0 Å². The number of aromatic nitrogens is 2. The average Bonchev–Trinajstić information content (AvgIpc) is 2.99. The number of rotatable bonds is 4. The van der Waals surface area contributed by atoms with Crippen molar-refractivity contribution in [2.45, 2.75) is 25.8 Å². The maximum Gasteiger partial charge on any atom is 0.145 e. The highest BCUT2D eigenvalue weighted by Gasteiger charge is 2.33. The van der Waals surface area contributed by atoms with Crippen LogP contribution in [0.25, 0.3) is 0 Å². The van der Waals surface area contributed by atoms with E-state index in [1.165, 1.54) is 12.8 Å². The first kappa shape index (κ1) is 8.63. The molecule has 0 bridgehead atoms. The Labute approximate surface area is 78.6 Å². The molecule has 0 saturated heterocycles. The van der Waals surface area contributed by atoms with E-state index in [2.05, 4.69) is 22.2 Å². The third kappa shape index (κ3) is 2.04. The lowest BCUT2D eigenvalue weighted by Crippen LogP contribution is -2.24. The quantitative estimate of drug-likeness (QED) is 0.758. The predicted octanol–water partition coefficient (Wildman–Crippen LogP) is 1.54. The lowest BCUT2D eigenvalue weighted by Gasteiger charge is -2.14. The molecule has 2 rings (SSSR count). The Morgan fingerprint density at radius 3 is 2.69 bits per heavy atom. The first-order valence-electron chi connectivity index (χ1n) is 4.92. The van der Waals surface area contributed by atoms with Crippen molar-refractivity contribution < 1.29 is 0 Å². The molecule has 3 nitrogen and oxygen atoms in total. The number of hydrogen-bond acceptors (Lipinski definition) is 3. The Bertz CT molecular complexity index is 256. The second kappa shape index (κ2) is 3.83. The molecule has 1 aliphatic carbocycles. The Kier molecular flexibility index (Phi) is 2.54. The lowest BCUT2D eigenvalue weighted by molar-refractivity contribution is 0.471. The summed E-state index contributed by atoms with van der Waals surface area (Å²) in [6.07, 6.45) is 6.26. The van der Waals surface area contributed by atoms with Gasteiger partial charge in [0, 0.05) is 12.4 Å². The zero-order chi connectivity index (χ0) is 9.10. The van der Waals surface area contributed by atoms with Crippen LogP contribution in [0.15, 0.2) is 18.5 Å². The maximum atomic E-state index is 4.29. The van der Waals surface area contributed by atoms with Gasteiger partial charge in [-0.1, -0.05) is 6.92 Å². The van der Waals surface area contributed by atoms with Gasteiger partial charge in [-0.25, -0.2) is 9.97 Å². The minimum absolute atomic E-state index is 0.381. The molecule has 1 aromatic heterocycles. The number of nitrogens with zero attached hydrogens (tertiary/aromatic N) is 2. The standard InChI is InChI=1S/C10H15N3/c1-2-11-9(8-4-5-8)10-12-6-3-7-13-10/h3,6-9,11H,2,4-5H2,1H3. The molecule has 0 aliphatic heterocycles. The smallest absolute Gasteiger partial charge is 0.145 e. The summed E-state index contributed by atoms with van der Waals surface area (Å²) in [5.41, 5.74) is 0. The van der Waals surface area contributed by atoms with E-state index in [1.54, 1.807) is 0 Å². The second-order valence-electron chi connectivity index (χ2n) is 3.48. The molecule has 1 fully saturated rings. The summed E-state index contributed by atoms with van der Waals surface area (Å²) in [5, 5.41) is 3.44. The van der Waals surface area contributed by atoms with Crippen LogP contribution in [0.4, 0.5) is 0 Å². The Morgan fingerprint density at radius 1 is 1.46 bits per heavy atom. The van der Waals surface area contributed by atoms with Crippen molar-refractivity contribution in [1.82, 2.24) is 15.3 Å². The molecule has 1 atom stereocenters. The topological polar surface area (TPSA) is 37.8 Å². The van der Waals surface area contributed by atoms with E-state index >= 15 is 0 Å². The minimum atomic E-state index is 0.381. The second-order valence-corrected chi connectivity index (χ2v) is 3.48. The SMILES string of the molecule is CCNC(c1ncccn1)C1CC1. The van der Waals surface area contributed by atoms with Crippen molar-refractivity contribution in [3.63, 3.8) is 0 Å². The van der Waals surface area contributed by atoms with Crippen molar-refractivity contribution >= 4 is 0 Å². The molecule has 0 spiro atoms. The normalized spacial score (nSPS) is 18.5. The number of nitrogens with one attached hydrogen (secondary N) is 1. The van der Waals surface area contributed by atoms with Crippen LogP contribution >= 0.6 is 0 Å². The first-order chi connectivity index (χ1) is 6.42. The maximum absolute atomic E-state index is 4.29. The molecule has 0 aromatic carbocycles. The van der Waals surface area contributed by atoms with Gasteiger partial charge in [0.25, 0.3) is 0 Å². The zero-order valence-corrected chi connectivity index (χ0v) is 7.90. The first-order valence-corrected chi connectivity index (χ1v) is 4.92. The average molecular weight is 177 g/mol. The van der Waals surface area contributed by atoms with E-state index in [-0.39, 0.29) is 0 Å². The highest BCUT2D eigenvalue weighted by atomic mass is 15.0. The molecule has 0 radical (unpaired) electrons. The summed E-state index contributed by atoms with van der Waals surface area (Å²) in [5.74, 6) is 1.72. The fraction of sp³-hybridized carbons (Fsp3) is 0.600. The van der Waals surface area contributed by atoms with Crippen molar-refractivity contribution in [3.8, 4) is 0 Å².